The predicted octanol–water partition coefficient (Wildman–Crippen LogP) is 1.39. The van der Waals surface area contributed by atoms with E-state index in [0.29, 0.717) is 11.4 Å². The Morgan fingerprint density at radius 2 is 2.08 bits per heavy atom. The molecule has 1 saturated heterocycles. The van der Waals surface area contributed by atoms with Gasteiger partial charge in [0.2, 0.25) is 5.91 Å². The fourth-order valence-corrected chi connectivity index (χ4v) is 3.36. The summed E-state index contributed by atoms with van der Waals surface area (Å²) in [6.45, 7) is 4.04. The average Bonchev–Trinajstić information content (AvgIpc) is 3.01. The number of anilines is 1. The van der Waals surface area contributed by atoms with Crippen LogP contribution in [0.1, 0.15) is 5.82 Å². The molecule has 1 aliphatic rings. The van der Waals surface area contributed by atoms with E-state index in [1.165, 1.54) is 11.8 Å². The molecule has 1 fully saturated rings. The summed E-state index contributed by atoms with van der Waals surface area (Å²) in [5.74, 6) is 1.66. The van der Waals surface area contributed by atoms with Gasteiger partial charge in [0.05, 0.1) is 38.3 Å². The van der Waals surface area contributed by atoms with E-state index in [0.717, 1.165) is 43.8 Å². The molecule has 1 amide bonds. The van der Waals surface area contributed by atoms with Crippen molar-refractivity contribution in [2.24, 2.45) is 7.05 Å². The maximum absolute atomic E-state index is 12.2. The van der Waals surface area contributed by atoms with Crippen LogP contribution in [0, 0.1) is 0 Å². The molecular weight excluding hydrogens is 354 g/mol. The van der Waals surface area contributed by atoms with Gasteiger partial charge in [-0.1, -0.05) is 23.9 Å². The SMILES string of the molecule is COc1ccccc1NC(=O)CSc1nnc(CN2CCOCC2)n1C. The maximum atomic E-state index is 12.2. The Morgan fingerprint density at radius 3 is 2.85 bits per heavy atom. The number of rotatable bonds is 7. The largest absolute Gasteiger partial charge is 0.495 e. The first-order valence-electron chi connectivity index (χ1n) is 8.41. The third kappa shape index (κ3) is 4.75. The predicted molar refractivity (Wildman–Crippen MR) is 99.4 cm³/mol. The van der Waals surface area contributed by atoms with Crippen LogP contribution >= 0.6 is 11.8 Å². The van der Waals surface area contributed by atoms with Gasteiger partial charge in [0.1, 0.15) is 11.6 Å². The number of para-hydroxylation sites is 2. The molecule has 26 heavy (non-hydrogen) atoms. The van der Waals surface area contributed by atoms with Crippen molar-refractivity contribution in [3.63, 3.8) is 0 Å². The standard InChI is InChI=1S/C17H23N5O3S/c1-21-15(11-22-7-9-25-10-8-22)19-20-17(21)26-12-16(23)18-13-5-3-4-6-14(13)24-2/h3-6H,7-12H2,1-2H3,(H,18,23). The van der Waals surface area contributed by atoms with Crippen molar-refractivity contribution in [3.05, 3.63) is 30.1 Å². The molecule has 0 atom stereocenters. The highest BCUT2D eigenvalue weighted by atomic mass is 32.2. The average molecular weight is 377 g/mol. The van der Waals surface area contributed by atoms with Crippen LogP contribution in [0.5, 0.6) is 5.75 Å². The van der Waals surface area contributed by atoms with Crippen molar-refractivity contribution >= 4 is 23.4 Å². The first kappa shape index (κ1) is 18.7. The monoisotopic (exact) mass is 377 g/mol. The molecule has 1 aliphatic heterocycles. The molecule has 1 aromatic heterocycles. The number of hydrogen-bond acceptors (Lipinski definition) is 7. The molecule has 1 aromatic carbocycles. The van der Waals surface area contributed by atoms with Crippen LogP contribution in [0.25, 0.3) is 0 Å². The Balaban J connectivity index is 1.53. The van der Waals surface area contributed by atoms with Gasteiger partial charge in [-0.05, 0) is 12.1 Å². The first-order chi connectivity index (χ1) is 12.7. The summed E-state index contributed by atoms with van der Waals surface area (Å²) in [5, 5.41) is 12.0. The van der Waals surface area contributed by atoms with Crippen molar-refractivity contribution in [2.45, 2.75) is 11.7 Å². The quantitative estimate of drug-likeness (QED) is 0.730. The number of methoxy groups -OCH3 is 1. The van der Waals surface area contributed by atoms with Crippen LogP contribution in [0.2, 0.25) is 0 Å². The molecule has 2 heterocycles. The number of carbonyl (C=O) groups excluding carboxylic acids is 1. The molecule has 140 valence electrons. The fraction of sp³-hybridized carbons (Fsp3) is 0.471. The lowest BCUT2D eigenvalue weighted by Gasteiger charge is -2.25. The minimum absolute atomic E-state index is 0.114. The molecule has 8 nitrogen and oxygen atoms in total. The van der Waals surface area contributed by atoms with Crippen LogP contribution in [-0.2, 0) is 23.1 Å². The zero-order chi connectivity index (χ0) is 18.4. The third-order valence-electron chi connectivity index (χ3n) is 4.11. The Kier molecular flexibility index (Phi) is 6.48. The van der Waals surface area contributed by atoms with Crippen LogP contribution in [-0.4, -0.2) is 64.7 Å². The minimum Gasteiger partial charge on any atom is -0.495 e. The first-order valence-corrected chi connectivity index (χ1v) is 9.40. The highest BCUT2D eigenvalue weighted by Gasteiger charge is 2.17. The number of aromatic nitrogens is 3. The smallest absolute Gasteiger partial charge is 0.234 e. The Hall–Kier alpha value is -2.10. The number of ether oxygens (including phenoxy) is 2. The minimum atomic E-state index is -0.114. The van der Waals surface area contributed by atoms with Crippen molar-refractivity contribution in [3.8, 4) is 5.75 Å². The second-order valence-electron chi connectivity index (χ2n) is 5.88. The van der Waals surface area contributed by atoms with E-state index in [4.69, 9.17) is 9.47 Å². The van der Waals surface area contributed by atoms with Gasteiger partial charge in [-0.2, -0.15) is 0 Å². The highest BCUT2D eigenvalue weighted by Crippen LogP contribution is 2.24. The number of hydrogen-bond donors (Lipinski definition) is 1. The van der Waals surface area contributed by atoms with Crippen LogP contribution in [0.4, 0.5) is 5.69 Å². The number of thioether (sulfide) groups is 1. The van der Waals surface area contributed by atoms with E-state index < -0.39 is 0 Å². The lowest BCUT2D eigenvalue weighted by atomic mass is 10.3. The molecule has 0 unspecified atom stereocenters. The van der Waals surface area contributed by atoms with E-state index in [1.54, 1.807) is 7.11 Å². The Labute approximate surface area is 156 Å². The maximum Gasteiger partial charge on any atom is 0.234 e. The number of amides is 1. The molecule has 0 saturated carbocycles. The van der Waals surface area contributed by atoms with Gasteiger partial charge in [0.15, 0.2) is 5.16 Å². The lowest BCUT2D eigenvalue weighted by Crippen LogP contribution is -2.36. The van der Waals surface area contributed by atoms with E-state index in [1.807, 2.05) is 35.9 Å². The molecule has 0 spiro atoms. The second kappa shape index (κ2) is 9.02. The van der Waals surface area contributed by atoms with Crippen molar-refractivity contribution < 1.29 is 14.3 Å². The van der Waals surface area contributed by atoms with Crippen molar-refractivity contribution in [1.82, 2.24) is 19.7 Å². The molecule has 3 rings (SSSR count). The van der Waals surface area contributed by atoms with Crippen LogP contribution in [0.15, 0.2) is 29.4 Å². The topological polar surface area (TPSA) is 81.5 Å². The zero-order valence-electron chi connectivity index (χ0n) is 15.0. The number of nitrogens with one attached hydrogen (secondary N) is 1. The second-order valence-corrected chi connectivity index (χ2v) is 6.83. The summed E-state index contributed by atoms with van der Waals surface area (Å²) in [4.78, 5) is 14.5. The van der Waals surface area contributed by atoms with Gasteiger partial charge in [0.25, 0.3) is 0 Å². The summed E-state index contributed by atoms with van der Waals surface area (Å²) in [6.07, 6.45) is 0. The molecule has 0 aliphatic carbocycles. The summed E-state index contributed by atoms with van der Waals surface area (Å²) >= 11 is 1.36. The van der Waals surface area contributed by atoms with E-state index >= 15 is 0 Å². The molecule has 1 N–H and O–H groups in total. The summed E-state index contributed by atoms with van der Waals surface area (Å²) < 4.78 is 12.5. The Morgan fingerprint density at radius 1 is 1.31 bits per heavy atom. The number of benzene rings is 1. The fourth-order valence-electron chi connectivity index (χ4n) is 2.63. The third-order valence-corrected chi connectivity index (χ3v) is 5.13. The van der Waals surface area contributed by atoms with Crippen LogP contribution in [0.3, 0.4) is 0 Å². The number of carbonyl (C=O) groups is 1. The van der Waals surface area contributed by atoms with Crippen molar-refractivity contribution in [1.29, 1.82) is 0 Å². The summed E-state index contributed by atoms with van der Waals surface area (Å²) in [5.41, 5.74) is 0.659. The zero-order valence-corrected chi connectivity index (χ0v) is 15.8. The van der Waals surface area contributed by atoms with E-state index in [-0.39, 0.29) is 11.7 Å². The molecule has 0 bridgehead atoms. The van der Waals surface area contributed by atoms with Gasteiger partial charge in [-0.15, -0.1) is 10.2 Å². The number of nitrogens with zero attached hydrogens (tertiary/aromatic N) is 4. The molecule has 2 aromatic rings. The molecular formula is C17H23N5O3S. The Bertz CT molecular complexity index is 746. The van der Waals surface area contributed by atoms with Gasteiger partial charge in [-0.25, -0.2) is 0 Å². The van der Waals surface area contributed by atoms with Crippen LogP contribution < -0.4 is 10.1 Å². The molecule has 0 radical (unpaired) electrons. The summed E-state index contributed by atoms with van der Waals surface area (Å²) in [7, 11) is 3.51. The van der Waals surface area contributed by atoms with Gasteiger partial charge in [0, 0.05) is 20.1 Å². The van der Waals surface area contributed by atoms with Gasteiger partial charge in [-0.3, -0.25) is 9.69 Å². The van der Waals surface area contributed by atoms with Gasteiger partial charge >= 0.3 is 0 Å². The summed E-state index contributed by atoms with van der Waals surface area (Å²) in [6, 6.07) is 7.33. The number of morpholine rings is 1. The normalized spacial score (nSPS) is 15.0. The van der Waals surface area contributed by atoms with Gasteiger partial charge < -0.3 is 19.4 Å². The highest BCUT2D eigenvalue weighted by molar-refractivity contribution is 7.99. The lowest BCUT2D eigenvalue weighted by molar-refractivity contribution is -0.113. The van der Waals surface area contributed by atoms with E-state index in [2.05, 4.69) is 20.4 Å². The molecule has 9 heteroatoms. The van der Waals surface area contributed by atoms with Crippen molar-refractivity contribution in [2.75, 3.05) is 44.5 Å². The van der Waals surface area contributed by atoms with E-state index in [9.17, 15) is 4.79 Å².